The van der Waals surface area contributed by atoms with Crippen LogP contribution in [0.2, 0.25) is 0 Å². The van der Waals surface area contributed by atoms with Crippen molar-refractivity contribution in [3.8, 4) is 0 Å². The minimum absolute atomic E-state index is 0.00544. The summed E-state index contributed by atoms with van der Waals surface area (Å²) in [5, 5.41) is 6.38. The Hall–Kier alpha value is -2.77. The second-order valence-electron chi connectivity index (χ2n) is 10.6. The Balaban J connectivity index is 1.25. The highest BCUT2D eigenvalue weighted by molar-refractivity contribution is 5.93. The van der Waals surface area contributed by atoms with Crippen LogP contribution in [-0.2, 0) is 9.59 Å². The average molecular weight is 482 g/mol. The number of piperazine rings is 2. The van der Waals surface area contributed by atoms with Crippen LogP contribution in [0.15, 0.2) is 30.3 Å². The van der Waals surface area contributed by atoms with Crippen molar-refractivity contribution < 1.29 is 14.4 Å². The fraction of sp³-hybridized carbons (Fsp3) is 0.667. The normalized spacial score (nSPS) is 27.7. The van der Waals surface area contributed by atoms with E-state index in [1.54, 1.807) is 4.90 Å². The van der Waals surface area contributed by atoms with Crippen LogP contribution < -0.4 is 15.5 Å². The summed E-state index contributed by atoms with van der Waals surface area (Å²) in [7, 11) is 0. The van der Waals surface area contributed by atoms with E-state index in [4.69, 9.17) is 0 Å². The number of hydrogen-bond acceptors (Lipinski definition) is 4. The molecule has 4 fully saturated rings. The quantitative estimate of drug-likeness (QED) is 0.693. The third-order valence-electron chi connectivity index (χ3n) is 8.34. The molecule has 2 aliphatic heterocycles. The van der Waals surface area contributed by atoms with E-state index >= 15 is 0 Å². The van der Waals surface area contributed by atoms with Crippen molar-refractivity contribution in [2.45, 2.75) is 88.4 Å². The summed E-state index contributed by atoms with van der Waals surface area (Å²) in [6, 6.07) is 9.48. The standard InChI is InChI=1S/C27H39N5O3/c33-25(31-17-15-30(16-18-31)21-11-5-2-6-12-21)19-24-26(34)29-22-13-7-8-14-23(22)32(24)27(35)28-20-9-3-1-4-10-20/h2,5-6,11-12,20,22-24H,1,3-4,7-10,13-19H2,(H,28,35)(H,29,34)/t22-,23-,24-/m1/s1. The van der Waals surface area contributed by atoms with Crippen molar-refractivity contribution >= 4 is 23.5 Å². The average Bonchev–Trinajstić information content (AvgIpc) is 2.90. The van der Waals surface area contributed by atoms with Gasteiger partial charge < -0.3 is 25.3 Å². The monoisotopic (exact) mass is 481 g/mol. The Bertz CT molecular complexity index is 895. The van der Waals surface area contributed by atoms with Crippen LogP contribution in [0.25, 0.3) is 0 Å². The minimum atomic E-state index is -0.738. The summed E-state index contributed by atoms with van der Waals surface area (Å²) in [6.45, 7) is 2.79. The third kappa shape index (κ3) is 5.41. The Morgan fingerprint density at radius 3 is 2.31 bits per heavy atom. The van der Waals surface area contributed by atoms with Gasteiger partial charge in [0, 0.05) is 44.0 Å². The number of hydrogen-bond donors (Lipinski definition) is 2. The molecule has 0 spiro atoms. The van der Waals surface area contributed by atoms with Crippen LogP contribution in [0, 0.1) is 0 Å². The molecular weight excluding hydrogens is 442 g/mol. The van der Waals surface area contributed by atoms with Crippen LogP contribution >= 0.6 is 0 Å². The Kier molecular flexibility index (Phi) is 7.44. The number of nitrogens with zero attached hydrogens (tertiary/aromatic N) is 3. The zero-order valence-corrected chi connectivity index (χ0v) is 20.7. The van der Waals surface area contributed by atoms with E-state index in [-0.39, 0.29) is 42.4 Å². The number of rotatable bonds is 4. The number of carbonyl (C=O) groups excluding carboxylic acids is 3. The molecule has 35 heavy (non-hydrogen) atoms. The van der Waals surface area contributed by atoms with Gasteiger partial charge in [0.15, 0.2) is 0 Å². The number of nitrogens with one attached hydrogen (secondary N) is 2. The van der Waals surface area contributed by atoms with Crippen molar-refractivity contribution in [2.75, 3.05) is 31.1 Å². The number of fused-ring (bicyclic) bond motifs is 1. The van der Waals surface area contributed by atoms with E-state index in [1.807, 2.05) is 23.1 Å². The van der Waals surface area contributed by atoms with Gasteiger partial charge in [0.2, 0.25) is 11.8 Å². The van der Waals surface area contributed by atoms with Crippen molar-refractivity contribution in [1.29, 1.82) is 0 Å². The van der Waals surface area contributed by atoms with Crippen LogP contribution in [0.5, 0.6) is 0 Å². The lowest BCUT2D eigenvalue weighted by molar-refractivity contribution is -0.140. The van der Waals surface area contributed by atoms with Crippen LogP contribution in [0.3, 0.4) is 0 Å². The third-order valence-corrected chi connectivity index (χ3v) is 8.34. The van der Waals surface area contributed by atoms with E-state index in [9.17, 15) is 14.4 Å². The highest BCUT2D eigenvalue weighted by Gasteiger charge is 2.46. The van der Waals surface area contributed by atoms with Gasteiger partial charge >= 0.3 is 6.03 Å². The molecule has 8 heteroatoms. The van der Waals surface area contributed by atoms with Crippen LogP contribution in [0.4, 0.5) is 10.5 Å². The van der Waals surface area contributed by atoms with Gasteiger partial charge in [0.25, 0.3) is 0 Å². The summed E-state index contributed by atoms with van der Waals surface area (Å²) in [6.07, 6.45) is 9.42. The molecule has 190 valence electrons. The molecular formula is C27H39N5O3. The molecule has 0 radical (unpaired) electrons. The van der Waals surface area contributed by atoms with Gasteiger partial charge in [-0.3, -0.25) is 9.59 Å². The molecule has 2 saturated carbocycles. The summed E-state index contributed by atoms with van der Waals surface area (Å²) >= 11 is 0. The first-order chi connectivity index (χ1) is 17.1. The molecule has 1 aromatic rings. The van der Waals surface area contributed by atoms with E-state index in [2.05, 4.69) is 27.7 Å². The van der Waals surface area contributed by atoms with E-state index in [0.717, 1.165) is 64.5 Å². The lowest BCUT2D eigenvalue weighted by Crippen LogP contribution is -2.70. The summed E-state index contributed by atoms with van der Waals surface area (Å²) < 4.78 is 0. The van der Waals surface area contributed by atoms with Gasteiger partial charge in [-0.05, 0) is 37.8 Å². The molecule has 4 amide bonds. The molecule has 8 nitrogen and oxygen atoms in total. The fourth-order valence-electron chi connectivity index (χ4n) is 6.38. The molecule has 0 bridgehead atoms. The summed E-state index contributed by atoms with van der Waals surface area (Å²) in [5.74, 6) is -0.217. The topological polar surface area (TPSA) is 85.0 Å². The van der Waals surface area contributed by atoms with Crippen molar-refractivity contribution in [3.05, 3.63) is 30.3 Å². The van der Waals surface area contributed by atoms with Crippen molar-refractivity contribution in [3.63, 3.8) is 0 Å². The largest absolute Gasteiger partial charge is 0.368 e. The second kappa shape index (κ2) is 10.9. The highest BCUT2D eigenvalue weighted by Crippen LogP contribution is 2.30. The predicted octanol–water partition coefficient (Wildman–Crippen LogP) is 2.88. The summed E-state index contributed by atoms with van der Waals surface area (Å²) in [5.41, 5.74) is 1.17. The van der Waals surface area contributed by atoms with Gasteiger partial charge in [0.05, 0.1) is 12.5 Å². The van der Waals surface area contributed by atoms with Crippen LogP contribution in [0.1, 0.15) is 64.2 Å². The highest BCUT2D eigenvalue weighted by atomic mass is 16.2. The molecule has 1 aromatic carbocycles. The van der Waals surface area contributed by atoms with Gasteiger partial charge in [-0.15, -0.1) is 0 Å². The molecule has 3 atom stereocenters. The van der Waals surface area contributed by atoms with Gasteiger partial charge in [0.1, 0.15) is 6.04 Å². The first-order valence-corrected chi connectivity index (χ1v) is 13.6. The molecule has 5 rings (SSSR count). The molecule has 0 aromatic heterocycles. The number of urea groups is 1. The molecule has 4 aliphatic rings. The number of para-hydroxylation sites is 1. The SMILES string of the molecule is O=C1N[C@@H]2CCCC[C@H]2N(C(=O)NC2CCCCC2)[C@@H]1CC(=O)N1CCN(c2ccccc2)CC1. The lowest BCUT2D eigenvalue weighted by atomic mass is 9.85. The van der Waals surface area contributed by atoms with E-state index in [0.29, 0.717) is 13.1 Å². The first-order valence-electron chi connectivity index (χ1n) is 13.6. The van der Waals surface area contributed by atoms with E-state index < -0.39 is 6.04 Å². The first kappa shape index (κ1) is 23.9. The minimum Gasteiger partial charge on any atom is -0.368 e. The van der Waals surface area contributed by atoms with E-state index in [1.165, 1.54) is 12.1 Å². The van der Waals surface area contributed by atoms with Gasteiger partial charge in [-0.2, -0.15) is 0 Å². The molecule has 2 saturated heterocycles. The van der Waals surface area contributed by atoms with Gasteiger partial charge in [-0.25, -0.2) is 4.79 Å². The fourth-order valence-corrected chi connectivity index (χ4v) is 6.38. The Labute approximate surface area is 208 Å². The van der Waals surface area contributed by atoms with Crippen molar-refractivity contribution in [2.24, 2.45) is 0 Å². The predicted molar refractivity (Wildman–Crippen MR) is 135 cm³/mol. The number of amides is 4. The number of anilines is 1. The zero-order valence-electron chi connectivity index (χ0n) is 20.7. The second-order valence-corrected chi connectivity index (χ2v) is 10.6. The van der Waals surface area contributed by atoms with Crippen LogP contribution in [-0.4, -0.2) is 78.0 Å². The van der Waals surface area contributed by atoms with Crippen molar-refractivity contribution in [1.82, 2.24) is 20.4 Å². The maximum absolute atomic E-state index is 13.5. The Morgan fingerprint density at radius 2 is 1.57 bits per heavy atom. The maximum atomic E-state index is 13.5. The molecule has 2 heterocycles. The lowest BCUT2D eigenvalue weighted by Gasteiger charge is -2.48. The molecule has 2 N–H and O–H groups in total. The van der Waals surface area contributed by atoms with Gasteiger partial charge in [-0.1, -0.05) is 50.3 Å². The Morgan fingerprint density at radius 1 is 0.886 bits per heavy atom. The zero-order chi connectivity index (χ0) is 24.2. The summed E-state index contributed by atoms with van der Waals surface area (Å²) in [4.78, 5) is 46.0. The molecule has 0 unspecified atom stereocenters. The maximum Gasteiger partial charge on any atom is 0.318 e. The molecule has 2 aliphatic carbocycles. The number of carbonyl (C=O) groups is 3. The smallest absolute Gasteiger partial charge is 0.318 e. The number of benzene rings is 1.